The van der Waals surface area contributed by atoms with E-state index in [9.17, 15) is 0 Å². The maximum Gasteiger partial charge on any atom is 0.0195 e. The molecule has 1 unspecified atom stereocenters. The second-order valence-electron chi connectivity index (χ2n) is 5.81. The van der Waals surface area contributed by atoms with Crippen molar-refractivity contribution < 1.29 is 0 Å². The summed E-state index contributed by atoms with van der Waals surface area (Å²) in [5.41, 5.74) is 0. The van der Waals surface area contributed by atoms with Crippen LogP contribution in [0.15, 0.2) is 0 Å². The van der Waals surface area contributed by atoms with Crippen LogP contribution in [0.5, 0.6) is 0 Å². The van der Waals surface area contributed by atoms with Crippen LogP contribution < -0.4 is 5.32 Å². The van der Waals surface area contributed by atoms with Crippen molar-refractivity contribution >= 4 is 11.8 Å². The average molecular weight is 242 g/mol. The van der Waals surface area contributed by atoms with Gasteiger partial charge in [0.15, 0.2) is 0 Å². The first-order valence-corrected chi connectivity index (χ1v) is 7.74. The van der Waals surface area contributed by atoms with Crippen LogP contribution >= 0.6 is 11.8 Å². The predicted molar refractivity (Wildman–Crippen MR) is 73.2 cm³/mol. The van der Waals surface area contributed by atoms with E-state index in [0.29, 0.717) is 4.75 Å². The van der Waals surface area contributed by atoms with Gasteiger partial charge in [-0.05, 0) is 32.4 Å². The molecule has 94 valence electrons. The zero-order chi connectivity index (χ0) is 11.4. The number of hydrogen-bond donors (Lipinski definition) is 1. The van der Waals surface area contributed by atoms with Crippen molar-refractivity contribution in [2.75, 3.05) is 31.9 Å². The van der Waals surface area contributed by atoms with Gasteiger partial charge >= 0.3 is 0 Å². The minimum Gasteiger partial charge on any atom is -0.313 e. The lowest BCUT2D eigenvalue weighted by Gasteiger charge is -2.30. The van der Waals surface area contributed by atoms with Crippen LogP contribution in [0.25, 0.3) is 0 Å². The molecule has 3 heteroatoms. The summed E-state index contributed by atoms with van der Waals surface area (Å²) in [6.45, 7) is 9.86. The van der Waals surface area contributed by atoms with Crippen molar-refractivity contribution in [2.45, 2.75) is 50.3 Å². The quantitative estimate of drug-likeness (QED) is 0.800. The number of thioether (sulfide) groups is 1. The smallest absolute Gasteiger partial charge is 0.0195 e. The third-order valence-electron chi connectivity index (χ3n) is 3.82. The van der Waals surface area contributed by atoms with E-state index in [-0.39, 0.29) is 0 Å². The van der Waals surface area contributed by atoms with Gasteiger partial charge < -0.3 is 10.2 Å². The van der Waals surface area contributed by atoms with Gasteiger partial charge in [0.05, 0.1) is 0 Å². The lowest BCUT2D eigenvalue weighted by Crippen LogP contribution is -2.44. The first-order chi connectivity index (χ1) is 7.66. The average Bonchev–Trinajstić information content (AvgIpc) is 2.42. The highest BCUT2D eigenvalue weighted by molar-refractivity contribution is 8.00. The van der Waals surface area contributed by atoms with Crippen LogP contribution in [-0.4, -0.2) is 47.6 Å². The van der Waals surface area contributed by atoms with Gasteiger partial charge in [-0.2, -0.15) is 11.8 Å². The Morgan fingerprint density at radius 1 is 1.31 bits per heavy atom. The summed E-state index contributed by atoms with van der Waals surface area (Å²) in [4.78, 5) is 2.67. The van der Waals surface area contributed by atoms with Crippen LogP contribution in [0.2, 0.25) is 0 Å². The van der Waals surface area contributed by atoms with Gasteiger partial charge in [0.2, 0.25) is 0 Å². The van der Waals surface area contributed by atoms with Gasteiger partial charge in [-0.1, -0.05) is 20.3 Å². The fraction of sp³-hybridized carbons (Fsp3) is 1.00. The summed E-state index contributed by atoms with van der Waals surface area (Å²) in [6.07, 6.45) is 5.52. The Morgan fingerprint density at radius 2 is 2.19 bits per heavy atom. The number of nitrogens with one attached hydrogen (secondary N) is 1. The maximum absolute atomic E-state index is 3.66. The first kappa shape index (κ1) is 12.7. The second kappa shape index (κ2) is 5.74. The molecule has 2 heterocycles. The molecule has 1 N–H and O–H groups in total. The molecule has 2 aliphatic heterocycles. The molecule has 0 aromatic heterocycles. The van der Waals surface area contributed by atoms with E-state index in [0.717, 1.165) is 6.04 Å². The molecule has 0 aromatic rings. The fourth-order valence-corrected chi connectivity index (χ4v) is 3.77. The Kier molecular flexibility index (Phi) is 4.57. The van der Waals surface area contributed by atoms with Gasteiger partial charge in [0, 0.05) is 29.6 Å². The molecule has 0 saturated carbocycles. The number of nitrogens with zero attached hydrogens (tertiary/aromatic N) is 1. The Morgan fingerprint density at radius 3 is 2.94 bits per heavy atom. The van der Waals surface area contributed by atoms with Crippen molar-refractivity contribution in [1.29, 1.82) is 0 Å². The minimum atomic E-state index is 0.495. The number of hydrogen-bond acceptors (Lipinski definition) is 3. The van der Waals surface area contributed by atoms with E-state index in [1.54, 1.807) is 0 Å². The molecule has 0 radical (unpaired) electrons. The molecule has 0 aliphatic carbocycles. The highest BCUT2D eigenvalue weighted by atomic mass is 32.2. The molecule has 2 aliphatic rings. The van der Waals surface area contributed by atoms with Crippen LogP contribution in [0.3, 0.4) is 0 Å². The van der Waals surface area contributed by atoms with Gasteiger partial charge in [-0.15, -0.1) is 0 Å². The number of piperidine rings is 1. The highest BCUT2D eigenvalue weighted by Crippen LogP contribution is 2.30. The molecule has 16 heavy (non-hydrogen) atoms. The molecule has 0 bridgehead atoms. The Balaban J connectivity index is 1.76. The van der Waals surface area contributed by atoms with Gasteiger partial charge in [-0.3, -0.25) is 0 Å². The second-order valence-corrected chi connectivity index (χ2v) is 7.61. The summed E-state index contributed by atoms with van der Waals surface area (Å²) < 4.78 is 0.495. The molecular formula is C13H26N2S. The molecular weight excluding hydrogens is 216 g/mol. The van der Waals surface area contributed by atoms with Gasteiger partial charge in [0.1, 0.15) is 0 Å². The van der Waals surface area contributed by atoms with Gasteiger partial charge in [-0.25, -0.2) is 0 Å². The van der Waals surface area contributed by atoms with E-state index >= 15 is 0 Å². The van der Waals surface area contributed by atoms with Crippen molar-refractivity contribution in [1.82, 2.24) is 10.2 Å². The molecule has 2 rings (SSSR count). The van der Waals surface area contributed by atoms with E-state index in [2.05, 4.69) is 35.8 Å². The molecule has 0 amide bonds. The summed E-state index contributed by atoms with van der Waals surface area (Å²) in [7, 11) is 0. The topological polar surface area (TPSA) is 15.3 Å². The predicted octanol–water partition coefficient (Wildman–Crippen LogP) is 2.35. The summed E-state index contributed by atoms with van der Waals surface area (Å²) >= 11 is 2.14. The third kappa shape index (κ3) is 3.94. The summed E-state index contributed by atoms with van der Waals surface area (Å²) in [6, 6.07) is 0.764. The summed E-state index contributed by atoms with van der Waals surface area (Å²) in [5, 5.41) is 3.66. The summed E-state index contributed by atoms with van der Waals surface area (Å²) in [5.74, 6) is 1.31. The van der Waals surface area contributed by atoms with Crippen molar-refractivity contribution in [3.8, 4) is 0 Å². The lowest BCUT2D eigenvalue weighted by molar-refractivity contribution is 0.231. The third-order valence-corrected chi connectivity index (χ3v) is 5.19. The highest BCUT2D eigenvalue weighted by Gasteiger charge is 2.25. The zero-order valence-electron chi connectivity index (χ0n) is 10.8. The van der Waals surface area contributed by atoms with Gasteiger partial charge in [0.25, 0.3) is 0 Å². The maximum atomic E-state index is 3.66. The Labute approximate surface area is 105 Å². The van der Waals surface area contributed by atoms with Crippen molar-refractivity contribution in [3.05, 3.63) is 0 Å². The monoisotopic (exact) mass is 242 g/mol. The molecule has 0 aromatic carbocycles. The minimum absolute atomic E-state index is 0.495. The van der Waals surface area contributed by atoms with E-state index < -0.39 is 0 Å². The first-order valence-electron chi connectivity index (χ1n) is 6.75. The van der Waals surface area contributed by atoms with Crippen LogP contribution in [-0.2, 0) is 0 Å². The Bertz CT molecular complexity index is 212. The normalized spacial score (nSPS) is 32.2. The van der Waals surface area contributed by atoms with Crippen LogP contribution in [0.4, 0.5) is 0 Å². The molecule has 2 nitrogen and oxygen atoms in total. The van der Waals surface area contributed by atoms with Crippen LogP contribution in [0, 0.1) is 0 Å². The molecule has 2 fully saturated rings. The van der Waals surface area contributed by atoms with E-state index in [1.807, 2.05) is 0 Å². The van der Waals surface area contributed by atoms with Crippen molar-refractivity contribution in [3.63, 3.8) is 0 Å². The standard InChI is InChI=1S/C13H26N2S/c1-13(2)6-8-15(9-10-16-13)11-12-5-3-4-7-14-12/h12,14H,3-11H2,1-2H3. The zero-order valence-corrected chi connectivity index (χ0v) is 11.6. The molecule has 0 spiro atoms. The lowest BCUT2D eigenvalue weighted by atomic mass is 10.0. The van der Waals surface area contributed by atoms with Crippen LogP contribution in [0.1, 0.15) is 39.5 Å². The Hall–Kier alpha value is 0.270. The molecule has 2 saturated heterocycles. The van der Waals surface area contributed by atoms with Crippen molar-refractivity contribution in [2.24, 2.45) is 0 Å². The fourth-order valence-electron chi connectivity index (χ4n) is 2.64. The van der Waals surface area contributed by atoms with E-state index in [4.69, 9.17) is 0 Å². The van der Waals surface area contributed by atoms with E-state index in [1.165, 1.54) is 57.6 Å². The SMILES string of the molecule is CC1(C)CCN(CC2CCCCN2)CCS1. The number of rotatable bonds is 2. The largest absolute Gasteiger partial charge is 0.313 e. The molecule has 1 atom stereocenters.